The van der Waals surface area contributed by atoms with E-state index in [0.717, 1.165) is 0 Å². The highest BCUT2D eigenvalue weighted by Crippen LogP contribution is 2.42. The number of halogens is 3. The summed E-state index contributed by atoms with van der Waals surface area (Å²) in [5.41, 5.74) is -3.33. The van der Waals surface area contributed by atoms with E-state index in [4.69, 9.17) is 4.74 Å². The van der Waals surface area contributed by atoms with E-state index in [9.17, 15) is 28.2 Å². The molecule has 2 aromatic rings. The van der Waals surface area contributed by atoms with Crippen LogP contribution in [0, 0.1) is 0 Å². The number of benzene rings is 2. The molecule has 1 aliphatic rings. The van der Waals surface area contributed by atoms with Crippen LogP contribution < -0.4 is 4.74 Å². The minimum atomic E-state index is -5.18. The number of methoxy groups -OCH3 is 1. The predicted octanol–water partition coefficient (Wildman–Crippen LogP) is 2.62. The normalized spacial score (nSPS) is 20.6. The van der Waals surface area contributed by atoms with Crippen LogP contribution in [0.3, 0.4) is 0 Å². The van der Waals surface area contributed by atoms with Crippen LogP contribution in [0.25, 0.3) is 0 Å². The van der Waals surface area contributed by atoms with E-state index in [0.29, 0.717) is 5.75 Å². The second-order valence-electron chi connectivity index (χ2n) is 6.23. The summed E-state index contributed by atoms with van der Waals surface area (Å²) in [6, 6.07) is 13.4. The summed E-state index contributed by atoms with van der Waals surface area (Å²) in [4.78, 5) is 12.6. The molecule has 3 rings (SSSR count). The predicted molar refractivity (Wildman–Crippen MR) is 93.4 cm³/mol. The zero-order valence-corrected chi connectivity index (χ0v) is 14.7. The second-order valence-corrected chi connectivity index (χ2v) is 6.23. The topological polar surface area (TPSA) is 82.4 Å². The van der Waals surface area contributed by atoms with E-state index in [1.165, 1.54) is 55.6 Å². The van der Waals surface area contributed by atoms with Gasteiger partial charge >= 0.3 is 6.18 Å². The number of amides is 1. The summed E-state index contributed by atoms with van der Waals surface area (Å²) in [5, 5.41) is 24.2. The molecule has 28 heavy (non-hydrogen) atoms. The van der Waals surface area contributed by atoms with Gasteiger partial charge in [0.25, 0.3) is 11.6 Å². The van der Waals surface area contributed by atoms with Gasteiger partial charge in [0.15, 0.2) is 6.10 Å². The summed E-state index contributed by atoms with van der Waals surface area (Å²) in [6.45, 7) is 0. The van der Waals surface area contributed by atoms with Gasteiger partial charge in [-0.15, -0.1) is 0 Å². The molecule has 1 amide bonds. The lowest BCUT2D eigenvalue weighted by atomic mass is 10.00. The number of nitrogens with zero attached hydrogens (tertiary/aromatic N) is 2. The Morgan fingerprint density at radius 2 is 1.79 bits per heavy atom. The van der Waals surface area contributed by atoms with Crippen LogP contribution >= 0.6 is 0 Å². The van der Waals surface area contributed by atoms with Gasteiger partial charge in [-0.1, -0.05) is 30.3 Å². The highest BCUT2D eigenvalue weighted by atomic mass is 19.4. The van der Waals surface area contributed by atoms with E-state index < -0.39 is 30.3 Å². The van der Waals surface area contributed by atoms with Crippen molar-refractivity contribution in [3.05, 3.63) is 65.7 Å². The van der Waals surface area contributed by atoms with E-state index in [-0.39, 0.29) is 21.8 Å². The number of aliphatic hydroxyl groups excluding tert-OH is 1. The maximum Gasteiger partial charge on any atom is 0.438 e. The number of carbonyl (C=O) groups excluding carboxylic acids is 1. The van der Waals surface area contributed by atoms with Gasteiger partial charge in [-0.25, -0.2) is 0 Å². The first kappa shape index (κ1) is 19.8. The molecule has 0 aromatic heterocycles. The van der Waals surface area contributed by atoms with Gasteiger partial charge in [0, 0.05) is 0 Å². The number of ether oxygens (including phenoxy) is 1. The van der Waals surface area contributed by atoms with Gasteiger partial charge in [-0.05, 0) is 35.4 Å². The molecule has 6 nitrogen and oxygen atoms in total. The Balaban J connectivity index is 1.98. The van der Waals surface area contributed by atoms with Crippen molar-refractivity contribution in [3.63, 3.8) is 0 Å². The van der Waals surface area contributed by atoms with Crippen molar-refractivity contribution in [2.45, 2.75) is 24.4 Å². The van der Waals surface area contributed by atoms with Crippen molar-refractivity contribution < 1.29 is 32.9 Å². The summed E-state index contributed by atoms with van der Waals surface area (Å²) >= 11 is 0. The molecule has 0 radical (unpaired) electrons. The van der Waals surface area contributed by atoms with Crippen LogP contribution in [0.15, 0.2) is 59.7 Å². The maximum absolute atomic E-state index is 13.6. The molecule has 1 aliphatic heterocycles. The fraction of sp³-hybridized carbons (Fsp3) is 0.263. The van der Waals surface area contributed by atoms with Crippen molar-refractivity contribution >= 4 is 11.6 Å². The second kappa shape index (κ2) is 7.25. The van der Waals surface area contributed by atoms with Crippen LogP contribution in [-0.2, 0) is 4.79 Å². The van der Waals surface area contributed by atoms with Crippen molar-refractivity contribution in [3.8, 4) is 5.75 Å². The maximum atomic E-state index is 13.6. The zero-order valence-electron chi connectivity index (χ0n) is 14.7. The van der Waals surface area contributed by atoms with E-state index >= 15 is 0 Å². The van der Waals surface area contributed by atoms with E-state index in [2.05, 4.69) is 5.10 Å². The Kier molecular flexibility index (Phi) is 5.14. The van der Waals surface area contributed by atoms with Crippen molar-refractivity contribution in [1.82, 2.24) is 5.01 Å². The third kappa shape index (κ3) is 3.46. The lowest BCUT2D eigenvalue weighted by Crippen LogP contribution is -2.57. The summed E-state index contributed by atoms with van der Waals surface area (Å²) in [6.07, 6.45) is -8.05. The van der Waals surface area contributed by atoms with Gasteiger partial charge in [0.05, 0.1) is 19.2 Å². The molecule has 0 saturated heterocycles. The third-order valence-electron chi connectivity index (χ3n) is 4.42. The third-order valence-corrected chi connectivity index (χ3v) is 4.42. The van der Waals surface area contributed by atoms with Crippen LogP contribution in [0.1, 0.15) is 23.7 Å². The van der Waals surface area contributed by atoms with E-state index in [1.54, 1.807) is 6.07 Å². The Morgan fingerprint density at radius 1 is 1.18 bits per heavy atom. The molecule has 148 valence electrons. The first-order chi connectivity index (χ1) is 13.2. The van der Waals surface area contributed by atoms with Crippen LogP contribution in [0.5, 0.6) is 5.75 Å². The van der Waals surface area contributed by atoms with Gasteiger partial charge < -0.3 is 14.9 Å². The van der Waals surface area contributed by atoms with Crippen molar-refractivity contribution in [2.75, 3.05) is 7.11 Å². The first-order valence-corrected chi connectivity index (χ1v) is 8.25. The summed E-state index contributed by atoms with van der Waals surface area (Å²) < 4.78 is 45.8. The highest BCUT2D eigenvalue weighted by Gasteiger charge is 2.63. The Labute approximate surface area is 158 Å². The molecule has 0 aliphatic carbocycles. The van der Waals surface area contributed by atoms with Gasteiger partial charge in [0.2, 0.25) is 0 Å². The average Bonchev–Trinajstić information content (AvgIpc) is 3.06. The summed E-state index contributed by atoms with van der Waals surface area (Å²) in [7, 11) is 1.44. The minimum absolute atomic E-state index is 0.0791. The Bertz CT molecular complexity index is 884. The Hall–Kier alpha value is -2.91. The van der Waals surface area contributed by atoms with E-state index in [1.807, 2.05) is 0 Å². The first-order valence-electron chi connectivity index (χ1n) is 8.25. The van der Waals surface area contributed by atoms with Crippen molar-refractivity contribution in [1.29, 1.82) is 0 Å². The van der Waals surface area contributed by atoms with Crippen LogP contribution in [-0.4, -0.2) is 45.9 Å². The number of hydrogen-bond donors (Lipinski definition) is 2. The molecule has 9 heteroatoms. The Morgan fingerprint density at radius 3 is 2.32 bits per heavy atom. The fourth-order valence-corrected chi connectivity index (χ4v) is 2.84. The minimum Gasteiger partial charge on any atom is -0.497 e. The monoisotopic (exact) mass is 394 g/mol. The largest absolute Gasteiger partial charge is 0.497 e. The summed E-state index contributed by atoms with van der Waals surface area (Å²) in [5.74, 6) is -0.893. The smallest absolute Gasteiger partial charge is 0.438 e. The van der Waals surface area contributed by atoms with Gasteiger partial charge in [0.1, 0.15) is 5.75 Å². The lowest BCUT2D eigenvalue weighted by molar-refractivity contribution is -0.303. The number of alkyl halides is 3. The zero-order chi connectivity index (χ0) is 20.5. The number of aliphatic hydroxyl groups is 2. The molecule has 2 aromatic carbocycles. The molecular formula is C19H17F3N2O4. The number of carbonyl (C=O) groups is 1. The van der Waals surface area contributed by atoms with Gasteiger partial charge in [-0.2, -0.15) is 23.3 Å². The highest BCUT2D eigenvalue weighted by molar-refractivity contribution is 6.04. The standard InChI is InChI=1S/C19H17F3N2O4/c1-28-14-9-7-12(8-10-14)15-11-18(27,19(20,21)22)24(23-15)17(26)16(25)13-5-3-2-4-6-13/h2-10,16,25,27H,11H2,1H3/t16-,18-/m0/s1. The molecule has 0 spiro atoms. The lowest BCUT2D eigenvalue weighted by Gasteiger charge is -2.33. The van der Waals surface area contributed by atoms with Crippen LogP contribution in [0.4, 0.5) is 13.2 Å². The quantitative estimate of drug-likeness (QED) is 0.835. The average molecular weight is 394 g/mol. The molecule has 2 N–H and O–H groups in total. The fourth-order valence-electron chi connectivity index (χ4n) is 2.84. The molecule has 0 unspecified atom stereocenters. The SMILES string of the molecule is COc1ccc(C2=NN(C(=O)[C@@H](O)c3ccccc3)[C@@](O)(C(F)(F)F)C2)cc1. The van der Waals surface area contributed by atoms with Crippen molar-refractivity contribution in [2.24, 2.45) is 5.10 Å². The number of hydrazone groups is 1. The molecule has 0 saturated carbocycles. The molecule has 1 heterocycles. The molecule has 0 fully saturated rings. The van der Waals surface area contributed by atoms with Crippen LogP contribution in [0.2, 0.25) is 0 Å². The molecular weight excluding hydrogens is 377 g/mol. The number of hydrogen-bond acceptors (Lipinski definition) is 5. The molecule has 0 bridgehead atoms. The van der Waals surface area contributed by atoms with Gasteiger partial charge in [-0.3, -0.25) is 4.79 Å². The number of rotatable bonds is 4. The molecule has 2 atom stereocenters.